The first-order valence-electron chi connectivity index (χ1n) is 4.44. The largest absolute Gasteiger partial charge is 0.493 e. The maximum absolute atomic E-state index is 8.92. The third-order valence-electron chi connectivity index (χ3n) is 2.34. The molecule has 1 aromatic rings. The second-order valence-electron chi connectivity index (χ2n) is 3.34. The number of nitriles is 1. The van der Waals surface area contributed by atoms with Gasteiger partial charge in [0.2, 0.25) is 0 Å². The monoisotopic (exact) mass is 189 g/mol. The van der Waals surface area contributed by atoms with Crippen molar-refractivity contribution >= 4 is 5.69 Å². The van der Waals surface area contributed by atoms with Crippen LogP contribution < -0.4 is 16.2 Å². The SMILES string of the molecule is N#Cc1cc(N)cc2c1C(N)CCO2. The van der Waals surface area contributed by atoms with Gasteiger partial charge in [0.25, 0.3) is 0 Å². The summed E-state index contributed by atoms with van der Waals surface area (Å²) in [5, 5.41) is 8.92. The topological polar surface area (TPSA) is 85.1 Å². The molecule has 1 aromatic carbocycles. The van der Waals surface area contributed by atoms with Gasteiger partial charge in [-0.05, 0) is 6.07 Å². The molecule has 1 unspecified atom stereocenters. The molecule has 0 saturated carbocycles. The quantitative estimate of drug-likeness (QED) is 0.594. The molecule has 0 aromatic heterocycles. The molecule has 1 atom stereocenters. The van der Waals surface area contributed by atoms with Gasteiger partial charge in [0, 0.05) is 29.8 Å². The number of hydrogen-bond acceptors (Lipinski definition) is 4. The standard InChI is InChI=1S/C10H11N3O/c11-5-6-3-7(12)4-9-10(6)8(13)1-2-14-9/h3-4,8H,1-2,12-13H2. The fourth-order valence-electron chi connectivity index (χ4n) is 1.68. The van der Waals surface area contributed by atoms with Crippen molar-refractivity contribution < 1.29 is 4.74 Å². The number of benzene rings is 1. The average molecular weight is 189 g/mol. The van der Waals surface area contributed by atoms with E-state index in [2.05, 4.69) is 6.07 Å². The molecule has 72 valence electrons. The summed E-state index contributed by atoms with van der Waals surface area (Å²) < 4.78 is 5.41. The molecular formula is C10H11N3O. The molecule has 0 saturated heterocycles. The Labute approximate surface area is 82.1 Å². The van der Waals surface area contributed by atoms with E-state index in [0.717, 1.165) is 12.0 Å². The number of anilines is 1. The molecule has 1 aliphatic rings. The van der Waals surface area contributed by atoms with Crippen LogP contribution in [0.1, 0.15) is 23.6 Å². The minimum Gasteiger partial charge on any atom is -0.493 e. The van der Waals surface area contributed by atoms with Crippen molar-refractivity contribution in [1.82, 2.24) is 0 Å². The number of ether oxygens (including phenoxy) is 1. The minimum atomic E-state index is -0.117. The first-order chi connectivity index (χ1) is 6.72. The predicted octanol–water partition coefficient (Wildman–Crippen LogP) is 0.923. The van der Waals surface area contributed by atoms with Crippen LogP contribution >= 0.6 is 0 Å². The summed E-state index contributed by atoms with van der Waals surface area (Å²) in [5.41, 5.74) is 13.4. The molecular weight excluding hydrogens is 178 g/mol. The van der Waals surface area contributed by atoms with E-state index in [1.54, 1.807) is 12.1 Å². The summed E-state index contributed by atoms with van der Waals surface area (Å²) in [5.74, 6) is 0.653. The lowest BCUT2D eigenvalue weighted by Gasteiger charge is -2.24. The van der Waals surface area contributed by atoms with Crippen molar-refractivity contribution in [2.24, 2.45) is 5.73 Å². The molecule has 1 heterocycles. The van der Waals surface area contributed by atoms with Crippen molar-refractivity contribution in [3.05, 3.63) is 23.3 Å². The van der Waals surface area contributed by atoms with Gasteiger partial charge >= 0.3 is 0 Å². The molecule has 0 spiro atoms. The Morgan fingerprint density at radius 3 is 3.00 bits per heavy atom. The third kappa shape index (κ3) is 1.28. The number of rotatable bonds is 0. The number of hydrogen-bond donors (Lipinski definition) is 2. The van der Waals surface area contributed by atoms with E-state index < -0.39 is 0 Å². The Kier molecular flexibility index (Phi) is 2.02. The zero-order chi connectivity index (χ0) is 10.1. The van der Waals surface area contributed by atoms with E-state index in [1.165, 1.54) is 0 Å². The van der Waals surface area contributed by atoms with Crippen molar-refractivity contribution in [3.8, 4) is 11.8 Å². The van der Waals surface area contributed by atoms with Gasteiger partial charge in [-0.15, -0.1) is 0 Å². The van der Waals surface area contributed by atoms with Crippen LogP contribution in [0.5, 0.6) is 5.75 Å². The van der Waals surface area contributed by atoms with Crippen molar-refractivity contribution in [2.45, 2.75) is 12.5 Å². The van der Waals surface area contributed by atoms with E-state index in [4.69, 9.17) is 21.5 Å². The summed E-state index contributed by atoms with van der Waals surface area (Å²) in [6.07, 6.45) is 0.742. The third-order valence-corrected chi connectivity index (χ3v) is 2.34. The van der Waals surface area contributed by atoms with E-state index in [0.29, 0.717) is 23.6 Å². The van der Waals surface area contributed by atoms with E-state index in [1.807, 2.05) is 0 Å². The Morgan fingerprint density at radius 2 is 2.29 bits per heavy atom. The maximum atomic E-state index is 8.92. The van der Waals surface area contributed by atoms with Crippen LogP contribution in [0.4, 0.5) is 5.69 Å². The highest BCUT2D eigenvalue weighted by Gasteiger charge is 2.22. The van der Waals surface area contributed by atoms with Crippen molar-refractivity contribution in [3.63, 3.8) is 0 Å². The summed E-state index contributed by atoms with van der Waals surface area (Å²) in [6, 6.07) is 5.32. The summed E-state index contributed by atoms with van der Waals surface area (Å²) in [6.45, 7) is 0.586. The highest BCUT2D eigenvalue weighted by atomic mass is 16.5. The molecule has 2 rings (SSSR count). The predicted molar refractivity (Wildman–Crippen MR) is 52.6 cm³/mol. The zero-order valence-corrected chi connectivity index (χ0v) is 7.66. The first-order valence-corrected chi connectivity index (χ1v) is 4.44. The number of nitrogens with zero attached hydrogens (tertiary/aromatic N) is 1. The van der Waals surface area contributed by atoms with Crippen LogP contribution in [-0.2, 0) is 0 Å². The molecule has 0 radical (unpaired) electrons. The average Bonchev–Trinajstić information content (AvgIpc) is 2.16. The second-order valence-corrected chi connectivity index (χ2v) is 3.34. The van der Waals surface area contributed by atoms with Gasteiger partial charge in [-0.25, -0.2) is 0 Å². The van der Waals surface area contributed by atoms with Crippen LogP contribution in [0.15, 0.2) is 12.1 Å². The van der Waals surface area contributed by atoms with Gasteiger partial charge in [-0.3, -0.25) is 0 Å². The number of nitrogens with two attached hydrogens (primary N) is 2. The molecule has 1 aliphatic heterocycles. The number of fused-ring (bicyclic) bond motifs is 1. The lowest BCUT2D eigenvalue weighted by molar-refractivity contribution is 0.269. The Balaban J connectivity index is 2.63. The van der Waals surface area contributed by atoms with Gasteiger partial charge in [0.05, 0.1) is 18.2 Å². The minimum absolute atomic E-state index is 0.117. The van der Waals surface area contributed by atoms with Crippen LogP contribution in [-0.4, -0.2) is 6.61 Å². The summed E-state index contributed by atoms with van der Waals surface area (Å²) >= 11 is 0. The fourth-order valence-corrected chi connectivity index (χ4v) is 1.68. The molecule has 0 aliphatic carbocycles. The highest BCUT2D eigenvalue weighted by molar-refractivity contribution is 5.58. The van der Waals surface area contributed by atoms with Crippen molar-refractivity contribution in [1.29, 1.82) is 5.26 Å². The summed E-state index contributed by atoms with van der Waals surface area (Å²) in [7, 11) is 0. The Morgan fingerprint density at radius 1 is 1.50 bits per heavy atom. The summed E-state index contributed by atoms with van der Waals surface area (Å²) in [4.78, 5) is 0. The smallest absolute Gasteiger partial charge is 0.127 e. The lowest BCUT2D eigenvalue weighted by atomic mass is 9.96. The van der Waals surface area contributed by atoms with E-state index in [9.17, 15) is 0 Å². The normalized spacial score (nSPS) is 19.3. The molecule has 0 amide bonds. The molecule has 4 N–H and O–H groups in total. The molecule has 14 heavy (non-hydrogen) atoms. The van der Waals surface area contributed by atoms with Gasteiger partial charge < -0.3 is 16.2 Å². The van der Waals surface area contributed by atoms with Gasteiger partial charge in [0.1, 0.15) is 5.75 Å². The Hall–Kier alpha value is -1.73. The molecule has 0 bridgehead atoms. The Bertz CT molecular complexity index is 409. The van der Waals surface area contributed by atoms with Gasteiger partial charge in [-0.1, -0.05) is 0 Å². The molecule has 4 nitrogen and oxygen atoms in total. The maximum Gasteiger partial charge on any atom is 0.127 e. The van der Waals surface area contributed by atoms with E-state index >= 15 is 0 Å². The van der Waals surface area contributed by atoms with Gasteiger partial charge in [-0.2, -0.15) is 5.26 Å². The van der Waals surface area contributed by atoms with E-state index in [-0.39, 0.29) is 6.04 Å². The highest BCUT2D eigenvalue weighted by Crippen LogP contribution is 2.34. The zero-order valence-electron chi connectivity index (χ0n) is 7.66. The number of nitrogen functional groups attached to an aromatic ring is 1. The first kappa shape index (κ1) is 8.85. The fraction of sp³-hybridized carbons (Fsp3) is 0.300. The molecule has 0 fully saturated rings. The molecule has 4 heteroatoms. The van der Waals surface area contributed by atoms with Crippen LogP contribution in [0.2, 0.25) is 0 Å². The van der Waals surface area contributed by atoms with Crippen LogP contribution in [0, 0.1) is 11.3 Å². The van der Waals surface area contributed by atoms with Gasteiger partial charge in [0.15, 0.2) is 0 Å². The van der Waals surface area contributed by atoms with Crippen molar-refractivity contribution in [2.75, 3.05) is 12.3 Å². The van der Waals surface area contributed by atoms with Crippen LogP contribution in [0.3, 0.4) is 0 Å². The second kappa shape index (κ2) is 3.20. The lowest BCUT2D eigenvalue weighted by Crippen LogP contribution is -2.22. The van der Waals surface area contributed by atoms with Crippen LogP contribution in [0.25, 0.3) is 0 Å².